The number of anilines is 1. The summed E-state index contributed by atoms with van der Waals surface area (Å²) in [4.78, 5) is 12.4. The third kappa shape index (κ3) is 3.91. The van der Waals surface area contributed by atoms with Crippen molar-refractivity contribution in [2.24, 2.45) is 0 Å². The van der Waals surface area contributed by atoms with Crippen LogP contribution in [0.4, 0.5) is 5.69 Å². The lowest BCUT2D eigenvalue weighted by Crippen LogP contribution is -2.41. The van der Waals surface area contributed by atoms with Crippen molar-refractivity contribution in [3.63, 3.8) is 0 Å². The Kier molecular flexibility index (Phi) is 4.96. The minimum absolute atomic E-state index is 0.135. The van der Waals surface area contributed by atoms with Gasteiger partial charge in [0.25, 0.3) is 5.91 Å². The second-order valence-corrected chi connectivity index (χ2v) is 8.42. The molecule has 1 heterocycles. The summed E-state index contributed by atoms with van der Waals surface area (Å²) in [6, 6.07) is 15.1. The summed E-state index contributed by atoms with van der Waals surface area (Å²) in [7, 11) is -0.445. The first-order valence-corrected chi connectivity index (χ1v) is 9.28. The number of halogens is 1. The largest absolute Gasteiger partial charge is 0.494 e. The van der Waals surface area contributed by atoms with Crippen LogP contribution in [0, 0.1) is 3.57 Å². The van der Waals surface area contributed by atoms with E-state index >= 15 is 0 Å². The molecule has 1 aliphatic heterocycles. The molecule has 1 saturated heterocycles. The molecule has 0 spiro atoms. The van der Waals surface area contributed by atoms with E-state index in [1.165, 1.54) is 0 Å². The van der Waals surface area contributed by atoms with Crippen molar-refractivity contribution in [3.05, 3.63) is 57.7 Å². The number of nitrogens with one attached hydrogen (secondary N) is 1. The predicted octanol–water partition coefficient (Wildman–Crippen LogP) is 3.84. The maximum absolute atomic E-state index is 12.4. The molecule has 25 heavy (non-hydrogen) atoms. The number of rotatable bonds is 3. The number of carbonyl (C=O) groups is 1. The van der Waals surface area contributed by atoms with Crippen LogP contribution < -0.4 is 10.8 Å². The average molecular weight is 449 g/mol. The van der Waals surface area contributed by atoms with E-state index < -0.39 is 18.3 Å². The highest BCUT2D eigenvalue weighted by Crippen LogP contribution is 2.36. The molecule has 0 bridgehead atoms. The number of carbonyl (C=O) groups excluding carboxylic acids is 1. The lowest BCUT2D eigenvalue weighted by molar-refractivity contribution is 0.00578. The van der Waals surface area contributed by atoms with Crippen LogP contribution in [0.2, 0.25) is 0 Å². The molecule has 0 radical (unpaired) electrons. The summed E-state index contributed by atoms with van der Waals surface area (Å²) < 4.78 is 13.2. The second-order valence-electron chi connectivity index (χ2n) is 7.18. The molecule has 0 aromatic heterocycles. The number of benzene rings is 2. The molecule has 1 amide bonds. The zero-order valence-electron chi connectivity index (χ0n) is 14.8. The van der Waals surface area contributed by atoms with E-state index in [4.69, 9.17) is 9.31 Å². The van der Waals surface area contributed by atoms with Gasteiger partial charge < -0.3 is 14.6 Å². The fourth-order valence-electron chi connectivity index (χ4n) is 2.58. The maximum Gasteiger partial charge on any atom is 0.494 e. The van der Waals surface area contributed by atoms with Crippen molar-refractivity contribution in [1.29, 1.82) is 0 Å². The molecule has 0 aliphatic carbocycles. The van der Waals surface area contributed by atoms with Gasteiger partial charge in [-0.3, -0.25) is 4.79 Å². The van der Waals surface area contributed by atoms with Gasteiger partial charge in [0.15, 0.2) is 0 Å². The molecule has 2 aromatic rings. The standard InChI is InChI=1S/C19H21BINO3/c1-18(2)19(3,4)25-20(24-18)14-8-6-10-16(12-14)22-17(23)13-7-5-9-15(21)11-13/h5-12H,1-4H3,(H,22,23). The molecule has 1 fully saturated rings. The normalized spacial score (nSPS) is 18.2. The van der Waals surface area contributed by atoms with Gasteiger partial charge in [0.1, 0.15) is 0 Å². The Bertz CT molecular complexity index is 791. The van der Waals surface area contributed by atoms with E-state index in [2.05, 4.69) is 27.9 Å². The van der Waals surface area contributed by atoms with Crippen molar-refractivity contribution in [1.82, 2.24) is 0 Å². The fourth-order valence-corrected chi connectivity index (χ4v) is 3.12. The summed E-state index contributed by atoms with van der Waals surface area (Å²) in [5, 5.41) is 2.94. The minimum Gasteiger partial charge on any atom is -0.399 e. The molecule has 4 nitrogen and oxygen atoms in total. The van der Waals surface area contributed by atoms with Crippen LogP contribution in [0.3, 0.4) is 0 Å². The van der Waals surface area contributed by atoms with Crippen molar-refractivity contribution in [2.45, 2.75) is 38.9 Å². The van der Waals surface area contributed by atoms with Crippen LogP contribution in [0.5, 0.6) is 0 Å². The predicted molar refractivity (Wildman–Crippen MR) is 109 cm³/mol. The van der Waals surface area contributed by atoms with E-state index in [0.717, 1.165) is 14.7 Å². The summed E-state index contributed by atoms with van der Waals surface area (Å²) in [6.45, 7) is 8.09. The lowest BCUT2D eigenvalue weighted by atomic mass is 9.79. The first kappa shape index (κ1) is 18.4. The van der Waals surface area contributed by atoms with E-state index in [0.29, 0.717) is 5.56 Å². The summed E-state index contributed by atoms with van der Waals surface area (Å²) in [5.41, 5.74) is 1.46. The van der Waals surface area contributed by atoms with Crippen LogP contribution in [0.15, 0.2) is 48.5 Å². The number of amides is 1. The average Bonchev–Trinajstić information content (AvgIpc) is 2.76. The van der Waals surface area contributed by atoms with Crippen molar-refractivity contribution in [2.75, 3.05) is 5.32 Å². The SMILES string of the molecule is CC1(C)OB(c2cccc(NC(=O)c3cccc(I)c3)c2)OC1(C)C. The summed E-state index contributed by atoms with van der Waals surface area (Å²) >= 11 is 2.19. The molecule has 130 valence electrons. The quantitative estimate of drug-likeness (QED) is 0.573. The molecule has 1 aliphatic rings. The molecule has 1 N–H and O–H groups in total. The van der Waals surface area contributed by atoms with Crippen molar-refractivity contribution >= 4 is 46.8 Å². The van der Waals surface area contributed by atoms with Crippen LogP contribution in [0.25, 0.3) is 0 Å². The molecule has 3 rings (SSSR count). The first-order valence-electron chi connectivity index (χ1n) is 8.20. The Morgan fingerprint density at radius 3 is 2.28 bits per heavy atom. The van der Waals surface area contributed by atoms with Crippen LogP contribution >= 0.6 is 22.6 Å². The first-order chi connectivity index (χ1) is 11.7. The smallest absolute Gasteiger partial charge is 0.399 e. The lowest BCUT2D eigenvalue weighted by Gasteiger charge is -2.32. The van der Waals surface area contributed by atoms with Gasteiger partial charge in [-0.15, -0.1) is 0 Å². The number of hydrogen-bond donors (Lipinski definition) is 1. The molecule has 0 saturated carbocycles. The summed E-state index contributed by atoms with van der Waals surface area (Å²) in [5.74, 6) is -0.135. The van der Waals surface area contributed by atoms with Crippen LogP contribution in [-0.4, -0.2) is 24.2 Å². The molecule has 0 atom stereocenters. The van der Waals surface area contributed by atoms with E-state index in [-0.39, 0.29) is 5.91 Å². The Hall–Kier alpha value is -1.38. The fraction of sp³-hybridized carbons (Fsp3) is 0.316. The van der Waals surface area contributed by atoms with Crippen LogP contribution in [0.1, 0.15) is 38.1 Å². The Balaban J connectivity index is 1.78. The van der Waals surface area contributed by atoms with Gasteiger partial charge in [0, 0.05) is 14.8 Å². The Labute approximate surface area is 162 Å². The second kappa shape index (κ2) is 6.74. The van der Waals surface area contributed by atoms with Crippen molar-refractivity contribution < 1.29 is 14.1 Å². The highest BCUT2D eigenvalue weighted by atomic mass is 127. The molecular formula is C19H21BINO3. The Morgan fingerprint density at radius 2 is 1.64 bits per heavy atom. The van der Waals surface area contributed by atoms with Gasteiger partial charge >= 0.3 is 7.12 Å². The highest BCUT2D eigenvalue weighted by molar-refractivity contribution is 14.1. The van der Waals surface area contributed by atoms with Crippen molar-refractivity contribution in [3.8, 4) is 0 Å². The molecule has 6 heteroatoms. The highest BCUT2D eigenvalue weighted by Gasteiger charge is 2.51. The van der Waals surface area contributed by atoms with E-state index in [9.17, 15) is 4.79 Å². The van der Waals surface area contributed by atoms with Gasteiger partial charge in [-0.25, -0.2) is 0 Å². The van der Waals surface area contributed by atoms with Gasteiger partial charge in [-0.2, -0.15) is 0 Å². The minimum atomic E-state index is -0.445. The monoisotopic (exact) mass is 449 g/mol. The van der Waals surface area contributed by atoms with Crippen LogP contribution in [-0.2, 0) is 9.31 Å². The molecule has 2 aromatic carbocycles. The molecule has 0 unspecified atom stereocenters. The van der Waals surface area contributed by atoms with E-state index in [1.54, 1.807) is 6.07 Å². The zero-order valence-corrected chi connectivity index (χ0v) is 17.0. The van der Waals surface area contributed by atoms with Gasteiger partial charge in [-0.05, 0) is 86.1 Å². The van der Waals surface area contributed by atoms with E-state index in [1.807, 2.05) is 70.2 Å². The summed E-state index contributed by atoms with van der Waals surface area (Å²) in [6.07, 6.45) is 0. The van der Waals surface area contributed by atoms with Gasteiger partial charge in [-0.1, -0.05) is 18.2 Å². The number of hydrogen-bond acceptors (Lipinski definition) is 3. The maximum atomic E-state index is 12.4. The third-order valence-corrected chi connectivity index (χ3v) is 5.43. The Morgan fingerprint density at radius 1 is 1.00 bits per heavy atom. The third-order valence-electron chi connectivity index (χ3n) is 4.76. The van der Waals surface area contributed by atoms with Gasteiger partial charge in [0.2, 0.25) is 0 Å². The molecular weight excluding hydrogens is 428 g/mol. The van der Waals surface area contributed by atoms with Gasteiger partial charge in [0.05, 0.1) is 11.2 Å². The zero-order chi connectivity index (χ0) is 18.2. The topological polar surface area (TPSA) is 47.6 Å².